The van der Waals surface area contributed by atoms with Crippen LogP contribution in [0, 0.1) is 0 Å². The van der Waals surface area contributed by atoms with Crippen molar-refractivity contribution in [2.24, 2.45) is 0 Å². The molecule has 55 heavy (non-hydrogen) atoms. The number of benzene rings is 9. The molecule has 0 saturated carbocycles. The van der Waals surface area contributed by atoms with Gasteiger partial charge in [0, 0.05) is 42.7 Å². The number of hydrogen-bond acceptors (Lipinski definition) is 3. The van der Waals surface area contributed by atoms with Gasteiger partial charge in [0.05, 0.1) is 5.69 Å². The maximum atomic E-state index is 6.95. The second kappa shape index (κ2) is 12.9. The summed E-state index contributed by atoms with van der Waals surface area (Å²) in [6, 6.07) is 72.0. The van der Waals surface area contributed by atoms with Gasteiger partial charge in [-0.1, -0.05) is 152 Å². The van der Waals surface area contributed by atoms with Crippen molar-refractivity contribution in [2.45, 2.75) is 0 Å². The Morgan fingerprint density at radius 2 is 0.945 bits per heavy atom. The van der Waals surface area contributed by atoms with Crippen molar-refractivity contribution in [3.8, 4) is 56.0 Å². The summed E-state index contributed by atoms with van der Waals surface area (Å²) in [5, 5.41) is 4.99. The van der Waals surface area contributed by atoms with Gasteiger partial charge in [-0.05, 0) is 92.7 Å². The fraction of sp³-hybridized carbons (Fsp3) is 0. The largest absolute Gasteiger partial charge is 0.456 e. The zero-order valence-electron chi connectivity index (χ0n) is 29.8. The average Bonchev–Trinajstić information content (AvgIpc) is 3.56. The summed E-state index contributed by atoms with van der Waals surface area (Å²) in [7, 11) is 0. The van der Waals surface area contributed by atoms with E-state index in [0.717, 1.165) is 50.8 Å². The Morgan fingerprint density at radius 1 is 0.364 bits per heavy atom. The van der Waals surface area contributed by atoms with Gasteiger partial charge < -0.3 is 9.64 Å². The third kappa shape index (κ3) is 5.24. The summed E-state index contributed by atoms with van der Waals surface area (Å²) in [6.07, 6.45) is 0. The smallest absolute Gasteiger partial charge is 0.137 e. The van der Waals surface area contributed by atoms with Crippen molar-refractivity contribution < 1.29 is 4.74 Å². The Hall–Kier alpha value is -6.94. The molecule has 0 spiro atoms. The molecule has 0 amide bonds. The van der Waals surface area contributed by atoms with E-state index < -0.39 is 0 Å². The molecule has 0 bridgehead atoms. The highest BCUT2D eigenvalue weighted by molar-refractivity contribution is 7.26. The van der Waals surface area contributed by atoms with E-state index >= 15 is 0 Å². The van der Waals surface area contributed by atoms with Crippen molar-refractivity contribution in [3.05, 3.63) is 200 Å². The van der Waals surface area contributed by atoms with Crippen molar-refractivity contribution >= 4 is 59.3 Å². The number of hydrogen-bond donors (Lipinski definition) is 0. The molecule has 1 aliphatic heterocycles. The van der Waals surface area contributed by atoms with Gasteiger partial charge in [-0.2, -0.15) is 0 Å². The predicted molar refractivity (Wildman–Crippen MR) is 233 cm³/mol. The maximum absolute atomic E-state index is 6.95. The van der Waals surface area contributed by atoms with Crippen LogP contribution in [0.5, 0.6) is 11.5 Å². The lowest BCUT2D eigenvalue weighted by Crippen LogP contribution is -2.11. The topological polar surface area (TPSA) is 12.5 Å². The Labute approximate surface area is 323 Å². The molecular weight excluding hydrogens is 687 g/mol. The summed E-state index contributed by atoms with van der Waals surface area (Å²) >= 11 is 1.87. The van der Waals surface area contributed by atoms with Crippen molar-refractivity contribution in [1.82, 2.24) is 0 Å². The molecule has 9 aromatic carbocycles. The quantitative estimate of drug-likeness (QED) is 0.176. The van der Waals surface area contributed by atoms with Gasteiger partial charge in [0.1, 0.15) is 11.5 Å². The number of rotatable bonds is 5. The van der Waals surface area contributed by atoms with E-state index in [1.54, 1.807) is 0 Å². The van der Waals surface area contributed by atoms with Gasteiger partial charge in [-0.25, -0.2) is 0 Å². The molecule has 10 aromatic rings. The molecule has 1 aliphatic rings. The lowest BCUT2D eigenvalue weighted by atomic mass is 9.90. The normalized spacial score (nSPS) is 11.8. The van der Waals surface area contributed by atoms with Gasteiger partial charge in [0.15, 0.2) is 0 Å². The molecule has 2 heterocycles. The molecule has 3 heteroatoms. The third-order valence-electron chi connectivity index (χ3n) is 10.9. The monoisotopic (exact) mass is 719 g/mol. The van der Waals surface area contributed by atoms with Crippen molar-refractivity contribution in [3.63, 3.8) is 0 Å². The molecule has 0 saturated heterocycles. The van der Waals surface area contributed by atoms with Gasteiger partial charge in [0.2, 0.25) is 0 Å². The highest BCUT2D eigenvalue weighted by atomic mass is 32.1. The first kappa shape index (κ1) is 31.6. The fourth-order valence-corrected chi connectivity index (χ4v) is 9.58. The van der Waals surface area contributed by atoms with Gasteiger partial charge in [-0.3, -0.25) is 0 Å². The van der Waals surface area contributed by atoms with Crippen LogP contribution in [0.1, 0.15) is 0 Å². The lowest BCUT2D eigenvalue weighted by Gasteiger charge is -2.29. The minimum absolute atomic E-state index is 0.831. The minimum atomic E-state index is 0.831. The summed E-state index contributed by atoms with van der Waals surface area (Å²) in [4.78, 5) is 2.38. The molecule has 0 atom stereocenters. The van der Waals surface area contributed by atoms with E-state index in [0.29, 0.717) is 0 Å². The zero-order valence-corrected chi connectivity index (χ0v) is 30.6. The summed E-state index contributed by atoms with van der Waals surface area (Å²) < 4.78 is 9.58. The highest BCUT2D eigenvalue weighted by Gasteiger charge is 2.27. The van der Waals surface area contributed by atoms with E-state index in [9.17, 15) is 0 Å². The van der Waals surface area contributed by atoms with Gasteiger partial charge >= 0.3 is 0 Å². The SMILES string of the molecule is c1ccc(-c2ccc(N(c3ccc(-c4cccc5c4sc4ccccc45)cc3)c3cccc4c3-c3ccccc3-c3c(ccc5ccccc35)O4)cc2)cc1. The number of fused-ring (bicyclic) bond motifs is 10. The molecule has 2 nitrogen and oxygen atoms in total. The fourth-order valence-electron chi connectivity index (χ4n) is 8.34. The molecular formula is C52H33NOS. The van der Waals surface area contributed by atoms with Crippen molar-refractivity contribution in [2.75, 3.05) is 4.90 Å². The minimum Gasteiger partial charge on any atom is -0.456 e. The van der Waals surface area contributed by atoms with E-state index in [-0.39, 0.29) is 0 Å². The van der Waals surface area contributed by atoms with Crippen LogP contribution in [0.4, 0.5) is 17.1 Å². The molecule has 0 aliphatic carbocycles. The van der Waals surface area contributed by atoms with E-state index in [4.69, 9.17) is 4.74 Å². The van der Waals surface area contributed by atoms with Crippen LogP contribution in [0.2, 0.25) is 0 Å². The number of thiophene rings is 1. The first-order valence-corrected chi connectivity index (χ1v) is 19.5. The molecule has 258 valence electrons. The predicted octanol–water partition coefficient (Wildman–Crippen LogP) is 15.5. The van der Waals surface area contributed by atoms with Crippen LogP contribution in [0.25, 0.3) is 75.5 Å². The Morgan fingerprint density at radius 3 is 1.75 bits per heavy atom. The Balaban J connectivity index is 1.10. The zero-order chi connectivity index (χ0) is 36.3. The second-order valence-electron chi connectivity index (χ2n) is 14.0. The number of anilines is 3. The van der Waals surface area contributed by atoms with Crippen LogP contribution in [0.15, 0.2) is 200 Å². The molecule has 0 radical (unpaired) electrons. The first-order chi connectivity index (χ1) is 27.3. The first-order valence-electron chi connectivity index (χ1n) is 18.7. The number of nitrogens with zero attached hydrogens (tertiary/aromatic N) is 1. The average molecular weight is 720 g/mol. The van der Waals surface area contributed by atoms with Crippen LogP contribution in [-0.4, -0.2) is 0 Å². The van der Waals surface area contributed by atoms with Gasteiger partial charge in [-0.15, -0.1) is 11.3 Å². The summed E-state index contributed by atoms with van der Waals surface area (Å²) in [6.45, 7) is 0. The van der Waals surface area contributed by atoms with Crippen LogP contribution in [0.3, 0.4) is 0 Å². The molecule has 1 aromatic heterocycles. The van der Waals surface area contributed by atoms with Crippen molar-refractivity contribution in [1.29, 1.82) is 0 Å². The van der Waals surface area contributed by atoms with E-state index in [2.05, 4.69) is 205 Å². The Bertz CT molecular complexity index is 3050. The standard InChI is InChI=1S/C52H33NOS/c1-2-12-34(13-3-1)35-24-29-38(30-25-35)53(39-31-26-37(27-32-39)41-19-10-20-45-42-16-8-9-23-49(42)55-52(41)45)46-21-11-22-47-51(46)44-18-7-6-17-43(44)50-40-15-5-4-14-36(40)28-33-48(50)54-47/h1-33H. The highest BCUT2D eigenvalue weighted by Crippen LogP contribution is 2.54. The summed E-state index contributed by atoms with van der Waals surface area (Å²) in [5.41, 5.74) is 12.5. The maximum Gasteiger partial charge on any atom is 0.137 e. The Kier molecular flexibility index (Phi) is 7.39. The number of ether oxygens (including phenoxy) is 1. The van der Waals surface area contributed by atoms with Crippen LogP contribution >= 0.6 is 11.3 Å². The van der Waals surface area contributed by atoms with Gasteiger partial charge in [0.25, 0.3) is 0 Å². The summed E-state index contributed by atoms with van der Waals surface area (Å²) in [5.74, 6) is 1.69. The lowest BCUT2D eigenvalue weighted by molar-refractivity contribution is 0.488. The molecule has 11 rings (SSSR count). The third-order valence-corrected chi connectivity index (χ3v) is 12.1. The van der Waals surface area contributed by atoms with Crippen LogP contribution in [-0.2, 0) is 0 Å². The van der Waals surface area contributed by atoms with Crippen LogP contribution < -0.4 is 9.64 Å². The second-order valence-corrected chi connectivity index (χ2v) is 15.1. The molecule has 0 unspecified atom stereocenters. The molecule has 0 fully saturated rings. The molecule has 0 N–H and O–H groups in total. The van der Waals surface area contributed by atoms with E-state index in [1.165, 1.54) is 53.2 Å². The van der Waals surface area contributed by atoms with E-state index in [1.807, 2.05) is 11.3 Å².